The molecular formula is C37H49F4N11O6. The number of nitrogens with one attached hydrogen (secondary N) is 4. The van der Waals surface area contributed by atoms with Crippen LogP contribution in [-0.2, 0) is 36.6 Å². The molecule has 17 nitrogen and oxygen atoms in total. The van der Waals surface area contributed by atoms with E-state index < -0.39 is 89.9 Å². The van der Waals surface area contributed by atoms with Crippen molar-refractivity contribution < 1.29 is 46.3 Å². The Morgan fingerprint density at radius 1 is 0.793 bits per heavy atom. The topological polar surface area (TPSA) is 285 Å². The molecule has 6 amide bonds. The van der Waals surface area contributed by atoms with Crippen molar-refractivity contribution in [2.75, 3.05) is 6.54 Å². The first kappa shape index (κ1) is 46.1. The number of benzene rings is 2. The number of rotatable bonds is 20. The Balaban J connectivity index is 1.86. The molecule has 2 aromatic carbocycles. The number of carbonyl (C=O) groups is 6. The van der Waals surface area contributed by atoms with Crippen LogP contribution in [0, 0.1) is 11.7 Å². The summed E-state index contributed by atoms with van der Waals surface area (Å²) in [5, 5.41) is 9.90. The molecule has 58 heavy (non-hydrogen) atoms. The summed E-state index contributed by atoms with van der Waals surface area (Å²) >= 11 is 0. The quantitative estimate of drug-likeness (QED) is 0.0349. The zero-order chi connectivity index (χ0) is 43.5. The van der Waals surface area contributed by atoms with Gasteiger partial charge in [-0.15, -0.1) is 0 Å². The minimum Gasteiger partial charge on any atom is -0.370 e. The summed E-state index contributed by atoms with van der Waals surface area (Å²) in [6.07, 6.45) is -5.54. The number of imidazole rings is 1. The number of fused-ring (bicyclic) bond motifs is 1. The highest BCUT2D eigenvalue weighted by Crippen LogP contribution is 2.34. The standard InChI is InChI=1S/C37H49F4N11O6/c1-18(2)14-26(33(57)50-27(17-29(42)53)34(58)48-25(30(43)54)15-20-7-10-22(38)11-8-20)49-32(56)23(6-5-13-46-36(44)45)47-31(55)21-9-12-28-24(16-21)51-35(37(39,40)41)52(28)19(3)4/h7-12,16,18-19,23,25-27H,5-6,13-15,17H2,1-4H3,(H2,42,53)(H2,43,54)(H,47,55)(H,48,58)(H,49,56)(H,50,57)(H4,44,45,46)/t23-,25-,26-,27-/m0/s1. The predicted molar refractivity (Wildman–Crippen MR) is 205 cm³/mol. The molecule has 4 atom stereocenters. The molecule has 0 saturated carbocycles. The van der Waals surface area contributed by atoms with E-state index >= 15 is 0 Å². The first-order valence-corrected chi connectivity index (χ1v) is 18.3. The van der Waals surface area contributed by atoms with E-state index in [1.165, 1.54) is 24.3 Å². The number of amides is 6. The lowest BCUT2D eigenvalue weighted by Crippen LogP contribution is -2.59. The fourth-order valence-corrected chi connectivity index (χ4v) is 5.99. The van der Waals surface area contributed by atoms with Gasteiger partial charge in [0.1, 0.15) is 30.0 Å². The zero-order valence-electron chi connectivity index (χ0n) is 32.4. The Morgan fingerprint density at radius 2 is 1.38 bits per heavy atom. The number of hydrogen-bond donors (Lipinski definition) is 8. The monoisotopic (exact) mass is 819 g/mol. The van der Waals surface area contributed by atoms with Crippen LogP contribution in [0.3, 0.4) is 0 Å². The maximum absolute atomic E-state index is 13.8. The Kier molecular flexibility index (Phi) is 16.1. The van der Waals surface area contributed by atoms with Crippen LogP contribution >= 0.6 is 0 Å². The summed E-state index contributed by atoms with van der Waals surface area (Å²) in [6.45, 7) is 6.64. The average molecular weight is 820 g/mol. The molecule has 316 valence electrons. The van der Waals surface area contributed by atoms with E-state index in [0.29, 0.717) is 5.56 Å². The van der Waals surface area contributed by atoms with Crippen molar-refractivity contribution in [2.24, 2.45) is 33.8 Å². The minimum absolute atomic E-state index is 0.00233. The highest BCUT2D eigenvalue weighted by molar-refractivity contribution is 6.01. The first-order valence-electron chi connectivity index (χ1n) is 18.3. The van der Waals surface area contributed by atoms with Gasteiger partial charge in [0.05, 0.1) is 17.5 Å². The van der Waals surface area contributed by atoms with Gasteiger partial charge in [-0.3, -0.25) is 33.8 Å². The second kappa shape index (κ2) is 20.2. The van der Waals surface area contributed by atoms with Crippen LogP contribution in [0.2, 0.25) is 0 Å². The Labute approximate surface area is 331 Å². The molecule has 0 unspecified atom stereocenters. The fourth-order valence-electron chi connectivity index (χ4n) is 5.99. The number of nitrogens with zero attached hydrogens (tertiary/aromatic N) is 3. The van der Waals surface area contributed by atoms with Gasteiger partial charge in [-0.1, -0.05) is 26.0 Å². The largest absolute Gasteiger partial charge is 0.449 e. The number of aromatic nitrogens is 2. The van der Waals surface area contributed by atoms with Gasteiger partial charge in [0.15, 0.2) is 5.96 Å². The van der Waals surface area contributed by atoms with E-state index in [-0.39, 0.29) is 60.7 Å². The Morgan fingerprint density at radius 3 is 1.93 bits per heavy atom. The van der Waals surface area contributed by atoms with Crippen molar-refractivity contribution in [3.05, 3.63) is 65.2 Å². The van der Waals surface area contributed by atoms with Crippen LogP contribution in [0.15, 0.2) is 47.5 Å². The molecule has 1 aromatic heterocycles. The van der Waals surface area contributed by atoms with Crippen molar-refractivity contribution >= 4 is 52.4 Å². The highest BCUT2D eigenvalue weighted by atomic mass is 19.4. The fraction of sp³-hybridized carbons (Fsp3) is 0.459. The summed E-state index contributed by atoms with van der Waals surface area (Å²) < 4.78 is 55.8. The third-order valence-corrected chi connectivity index (χ3v) is 8.68. The third-order valence-electron chi connectivity index (χ3n) is 8.68. The van der Waals surface area contributed by atoms with Gasteiger partial charge in [-0.25, -0.2) is 9.37 Å². The molecule has 3 aromatic rings. The molecule has 0 bridgehead atoms. The molecular weight excluding hydrogens is 770 g/mol. The third kappa shape index (κ3) is 13.4. The molecule has 0 fully saturated rings. The second-order valence-electron chi connectivity index (χ2n) is 14.3. The van der Waals surface area contributed by atoms with E-state index in [9.17, 15) is 46.3 Å². The summed E-state index contributed by atoms with van der Waals surface area (Å²) in [7, 11) is 0. The molecule has 1 heterocycles. The molecule has 21 heteroatoms. The molecule has 0 aliphatic rings. The van der Waals surface area contributed by atoms with Crippen molar-refractivity contribution in [1.82, 2.24) is 30.8 Å². The second-order valence-corrected chi connectivity index (χ2v) is 14.3. The number of guanidine groups is 1. The van der Waals surface area contributed by atoms with Crippen LogP contribution in [0.5, 0.6) is 0 Å². The molecule has 0 saturated heterocycles. The molecule has 0 aliphatic heterocycles. The molecule has 3 rings (SSSR count). The number of halogens is 4. The normalized spacial score (nSPS) is 13.6. The maximum atomic E-state index is 13.8. The Bertz CT molecular complexity index is 2000. The summed E-state index contributed by atoms with van der Waals surface area (Å²) in [5.41, 5.74) is 22.0. The minimum atomic E-state index is -4.77. The van der Waals surface area contributed by atoms with E-state index in [4.69, 9.17) is 22.9 Å². The lowest BCUT2D eigenvalue weighted by atomic mass is 10.0. The number of aliphatic imine (C=N–C) groups is 1. The SMILES string of the molecule is CC(C)C[C@H](NC(=O)[C@H](CCCN=C(N)N)NC(=O)c1ccc2c(c1)nc(C(F)(F)F)n2C(C)C)C(=O)N[C@@H](CC(N)=O)C(=O)N[C@@H](Cc1ccc(F)cc1)C(N)=O. The molecule has 0 aliphatic carbocycles. The van der Waals surface area contributed by atoms with Crippen LogP contribution in [0.25, 0.3) is 11.0 Å². The lowest BCUT2D eigenvalue weighted by Gasteiger charge is -2.26. The first-order chi connectivity index (χ1) is 27.1. The van der Waals surface area contributed by atoms with Crippen LogP contribution in [0.4, 0.5) is 17.6 Å². The van der Waals surface area contributed by atoms with E-state index in [1.807, 2.05) is 0 Å². The van der Waals surface area contributed by atoms with E-state index in [0.717, 1.165) is 22.8 Å². The number of carbonyl (C=O) groups excluding carboxylic acids is 6. The molecule has 0 radical (unpaired) electrons. The van der Waals surface area contributed by atoms with Gasteiger partial charge >= 0.3 is 6.18 Å². The van der Waals surface area contributed by atoms with E-state index in [2.05, 4.69) is 31.2 Å². The highest BCUT2D eigenvalue weighted by Gasteiger charge is 2.38. The number of hydrogen-bond acceptors (Lipinski definition) is 8. The smallest absolute Gasteiger partial charge is 0.370 e. The van der Waals surface area contributed by atoms with Crippen LogP contribution in [-0.4, -0.2) is 81.7 Å². The van der Waals surface area contributed by atoms with Crippen molar-refractivity contribution in [3.63, 3.8) is 0 Å². The average Bonchev–Trinajstić information content (AvgIpc) is 3.52. The van der Waals surface area contributed by atoms with Gasteiger partial charge in [0.2, 0.25) is 35.4 Å². The number of alkyl halides is 3. The van der Waals surface area contributed by atoms with Gasteiger partial charge in [-0.2, -0.15) is 13.2 Å². The number of nitrogens with two attached hydrogens (primary N) is 4. The van der Waals surface area contributed by atoms with Gasteiger partial charge in [0.25, 0.3) is 5.91 Å². The van der Waals surface area contributed by atoms with Crippen LogP contribution in [0.1, 0.15) is 81.2 Å². The number of primary amides is 2. The van der Waals surface area contributed by atoms with Crippen LogP contribution < -0.4 is 44.2 Å². The molecule has 12 N–H and O–H groups in total. The van der Waals surface area contributed by atoms with E-state index in [1.54, 1.807) is 27.7 Å². The van der Waals surface area contributed by atoms with Gasteiger partial charge in [0, 0.05) is 24.6 Å². The molecule has 0 spiro atoms. The lowest BCUT2D eigenvalue weighted by molar-refractivity contribution is -0.147. The van der Waals surface area contributed by atoms with Gasteiger partial charge in [-0.05, 0) is 74.9 Å². The van der Waals surface area contributed by atoms with Gasteiger partial charge < -0.3 is 48.8 Å². The zero-order valence-corrected chi connectivity index (χ0v) is 32.4. The van der Waals surface area contributed by atoms with Crippen molar-refractivity contribution in [3.8, 4) is 0 Å². The van der Waals surface area contributed by atoms with Crippen molar-refractivity contribution in [2.45, 2.75) is 96.2 Å². The maximum Gasteiger partial charge on any atom is 0.449 e. The Hall–Kier alpha value is -6.28. The summed E-state index contributed by atoms with van der Waals surface area (Å²) in [4.78, 5) is 86.2. The summed E-state index contributed by atoms with van der Waals surface area (Å²) in [6, 6.07) is 2.54. The summed E-state index contributed by atoms with van der Waals surface area (Å²) in [5.74, 6) is -7.71. The predicted octanol–water partition coefficient (Wildman–Crippen LogP) is 1.03. The van der Waals surface area contributed by atoms with Crippen molar-refractivity contribution in [1.29, 1.82) is 0 Å².